The summed E-state index contributed by atoms with van der Waals surface area (Å²) in [5.41, 5.74) is 2.40. The van der Waals surface area contributed by atoms with Crippen LogP contribution >= 0.6 is 0 Å². The topological polar surface area (TPSA) is 85.5 Å². The third-order valence-corrected chi connectivity index (χ3v) is 3.95. The predicted octanol–water partition coefficient (Wildman–Crippen LogP) is 3.25. The molecule has 0 radical (unpaired) electrons. The monoisotopic (exact) mass is 355 g/mol. The van der Waals surface area contributed by atoms with Crippen molar-refractivity contribution in [3.05, 3.63) is 64.5 Å². The van der Waals surface area contributed by atoms with E-state index < -0.39 is 23.8 Å². The molecule has 0 aliphatic heterocycles. The third-order valence-electron chi connectivity index (χ3n) is 3.95. The second-order valence-electron chi connectivity index (χ2n) is 5.80. The molecule has 1 N–H and O–H groups in total. The molecule has 0 unspecified atom stereocenters. The molecule has 0 aliphatic rings. The Morgan fingerprint density at radius 2 is 1.77 bits per heavy atom. The number of hydrogen-bond donors (Lipinski definition) is 1. The number of ether oxygens (including phenoxy) is 2. The lowest BCUT2D eigenvalue weighted by Crippen LogP contribution is -2.24. The maximum absolute atomic E-state index is 12.6. The molecule has 6 nitrogen and oxygen atoms in total. The second kappa shape index (κ2) is 8.29. The van der Waals surface area contributed by atoms with Crippen molar-refractivity contribution in [2.24, 2.45) is 0 Å². The number of H-pyrrole nitrogens is 1. The number of aryl methyl sites for hydroxylation is 1. The van der Waals surface area contributed by atoms with Crippen LogP contribution in [0.2, 0.25) is 0 Å². The zero-order valence-electron chi connectivity index (χ0n) is 15.2. The summed E-state index contributed by atoms with van der Waals surface area (Å²) in [6, 6.07) is 9.27. The number of aromatic nitrogens is 1. The van der Waals surface area contributed by atoms with Gasteiger partial charge in [0.2, 0.25) is 5.78 Å². The Morgan fingerprint density at radius 1 is 1.12 bits per heavy atom. The lowest BCUT2D eigenvalue weighted by Gasteiger charge is -2.10. The molecule has 1 aromatic carbocycles. The van der Waals surface area contributed by atoms with Gasteiger partial charge < -0.3 is 14.5 Å². The Balaban J connectivity index is 2.09. The lowest BCUT2D eigenvalue weighted by molar-refractivity contribution is -0.140. The van der Waals surface area contributed by atoms with E-state index in [1.54, 1.807) is 19.9 Å². The van der Waals surface area contributed by atoms with Crippen molar-refractivity contribution >= 4 is 23.8 Å². The van der Waals surface area contributed by atoms with Crippen LogP contribution in [0, 0.1) is 13.8 Å². The van der Waals surface area contributed by atoms with Gasteiger partial charge in [0.1, 0.15) is 0 Å². The summed E-state index contributed by atoms with van der Waals surface area (Å²) in [5, 5.41) is 0. The lowest BCUT2D eigenvalue weighted by atomic mass is 10.1. The highest BCUT2D eigenvalue weighted by Crippen LogP contribution is 2.20. The van der Waals surface area contributed by atoms with Crippen LogP contribution in [0.4, 0.5) is 0 Å². The average molecular weight is 355 g/mol. The summed E-state index contributed by atoms with van der Waals surface area (Å²) in [5.74, 6) is -1.56. The van der Waals surface area contributed by atoms with E-state index in [1.165, 1.54) is 20.1 Å². The van der Waals surface area contributed by atoms with Crippen LogP contribution in [0.25, 0.3) is 6.08 Å². The molecule has 0 spiro atoms. The van der Waals surface area contributed by atoms with E-state index in [4.69, 9.17) is 9.47 Å². The normalized spacial score (nSPS) is 12.0. The summed E-state index contributed by atoms with van der Waals surface area (Å²) in [6.07, 6.45) is 1.88. The van der Waals surface area contributed by atoms with Crippen molar-refractivity contribution in [3.8, 4) is 0 Å². The fourth-order valence-electron chi connectivity index (χ4n) is 2.60. The Labute approximate surface area is 151 Å². The van der Waals surface area contributed by atoms with E-state index in [1.807, 2.05) is 30.3 Å². The molecule has 0 aliphatic carbocycles. The minimum Gasteiger partial charge on any atom is -0.465 e. The van der Waals surface area contributed by atoms with Crippen LogP contribution in [0.5, 0.6) is 0 Å². The van der Waals surface area contributed by atoms with Gasteiger partial charge >= 0.3 is 11.9 Å². The zero-order valence-corrected chi connectivity index (χ0v) is 15.2. The number of rotatable bonds is 6. The number of benzene rings is 1. The van der Waals surface area contributed by atoms with Gasteiger partial charge in [0.15, 0.2) is 6.10 Å². The fraction of sp³-hybridized carbons (Fsp3) is 0.250. The van der Waals surface area contributed by atoms with Gasteiger partial charge in [-0.25, -0.2) is 9.59 Å². The van der Waals surface area contributed by atoms with Gasteiger partial charge in [-0.05, 0) is 38.0 Å². The highest BCUT2D eigenvalue weighted by molar-refractivity contribution is 6.04. The molecule has 136 valence electrons. The maximum Gasteiger partial charge on any atom is 0.339 e. The van der Waals surface area contributed by atoms with Gasteiger partial charge in [-0.2, -0.15) is 0 Å². The number of ketones is 1. The molecular weight excluding hydrogens is 334 g/mol. The number of hydrogen-bond acceptors (Lipinski definition) is 5. The second-order valence-corrected chi connectivity index (χ2v) is 5.80. The van der Waals surface area contributed by atoms with Crippen molar-refractivity contribution in [2.45, 2.75) is 26.9 Å². The van der Waals surface area contributed by atoms with E-state index in [9.17, 15) is 14.4 Å². The predicted molar refractivity (Wildman–Crippen MR) is 97.0 cm³/mol. The number of Topliss-reactive ketones (excluding diaryl/α,β-unsaturated/α-hetero) is 1. The van der Waals surface area contributed by atoms with Crippen molar-refractivity contribution in [2.75, 3.05) is 7.11 Å². The largest absolute Gasteiger partial charge is 0.465 e. The van der Waals surface area contributed by atoms with Crippen molar-refractivity contribution < 1.29 is 23.9 Å². The number of carbonyl (C=O) groups is 3. The van der Waals surface area contributed by atoms with Crippen LogP contribution < -0.4 is 0 Å². The van der Waals surface area contributed by atoms with Gasteiger partial charge in [-0.1, -0.05) is 30.3 Å². The Hall–Kier alpha value is -3.15. The Bertz CT molecular complexity index is 849. The minimum absolute atomic E-state index is 0.232. The highest BCUT2D eigenvalue weighted by atomic mass is 16.5. The number of esters is 2. The molecule has 0 bridgehead atoms. The van der Waals surface area contributed by atoms with E-state index in [0.29, 0.717) is 16.8 Å². The molecule has 0 saturated carbocycles. The first kappa shape index (κ1) is 19.2. The van der Waals surface area contributed by atoms with Crippen LogP contribution in [-0.4, -0.2) is 35.9 Å². The summed E-state index contributed by atoms with van der Waals surface area (Å²) in [6.45, 7) is 4.81. The molecular formula is C20H21NO5. The maximum atomic E-state index is 12.6. The number of carbonyl (C=O) groups excluding carboxylic acids is 3. The zero-order chi connectivity index (χ0) is 19.3. The molecule has 1 aromatic heterocycles. The first-order valence-corrected chi connectivity index (χ1v) is 8.10. The van der Waals surface area contributed by atoms with E-state index in [-0.39, 0.29) is 5.69 Å². The van der Waals surface area contributed by atoms with E-state index >= 15 is 0 Å². The molecule has 0 amide bonds. The van der Waals surface area contributed by atoms with Crippen LogP contribution in [-0.2, 0) is 14.3 Å². The van der Waals surface area contributed by atoms with Gasteiger partial charge in [0.25, 0.3) is 0 Å². The average Bonchev–Trinajstić information content (AvgIpc) is 2.93. The standard InChI is InChI=1S/C20H21NO5/c1-12-17(20(24)25-4)13(2)21-18(12)19(23)14(3)26-16(22)11-10-15-8-6-5-7-9-15/h5-11,14,21H,1-4H3/b11-10+/t14-/m0/s1. The molecule has 0 saturated heterocycles. The summed E-state index contributed by atoms with van der Waals surface area (Å²) in [7, 11) is 1.28. The highest BCUT2D eigenvalue weighted by Gasteiger charge is 2.26. The number of nitrogens with one attached hydrogen (secondary N) is 1. The van der Waals surface area contributed by atoms with Crippen molar-refractivity contribution in [3.63, 3.8) is 0 Å². The van der Waals surface area contributed by atoms with Gasteiger partial charge in [-0.3, -0.25) is 4.79 Å². The number of aromatic amines is 1. The fourth-order valence-corrected chi connectivity index (χ4v) is 2.60. The SMILES string of the molecule is COC(=O)c1c(C)[nH]c(C(=O)[C@H](C)OC(=O)/C=C/c2ccccc2)c1C. The quantitative estimate of drug-likeness (QED) is 0.488. The molecule has 2 aromatic rings. The van der Waals surface area contributed by atoms with Crippen molar-refractivity contribution in [1.29, 1.82) is 0 Å². The Morgan fingerprint density at radius 3 is 2.38 bits per heavy atom. The van der Waals surface area contributed by atoms with E-state index in [0.717, 1.165) is 5.56 Å². The van der Waals surface area contributed by atoms with Gasteiger partial charge in [0, 0.05) is 11.8 Å². The minimum atomic E-state index is -0.995. The molecule has 2 rings (SSSR count). The summed E-state index contributed by atoms with van der Waals surface area (Å²) in [4.78, 5) is 39.2. The van der Waals surface area contributed by atoms with Gasteiger partial charge in [0.05, 0.1) is 18.4 Å². The van der Waals surface area contributed by atoms with Crippen LogP contribution in [0.1, 0.15) is 44.6 Å². The molecule has 26 heavy (non-hydrogen) atoms. The van der Waals surface area contributed by atoms with E-state index in [2.05, 4.69) is 4.98 Å². The smallest absolute Gasteiger partial charge is 0.339 e. The first-order valence-electron chi connectivity index (χ1n) is 8.10. The van der Waals surface area contributed by atoms with Crippen molar-refractivity contribution in [1.82, 2.24) is 4.98 Å². The Kier molecular flexibility index (Phi) is 6.11. The summed E-state index contributed by atoms with van der Waals surface area (Å²) < 4.78 is 9.89. The first-order chi connectivity index (χ1) is 12.3. The molecule has 1 heterocycles. The molecule has 6 heteroatoms. The van der Waals surface area contributed by atoms with Crippen LogP contribution in [0.3, 0.4) is 0 Å². The molecule has 1 atom stereocenters. The number of methoxy groups -OCH3 is 1. The van der Waals surface area contributed by atoms with Crippen LogP contribution in [0.15, 0.2) is 36.4 Å². The third kappa shape index (κ3) is 4.27. The molecule has 0 fully saturated rings. The van der Waals surface area contributed by atoms with Gasteiger partial charge in [-0.15, -0.1) is 0 Å². The summed E-state index contributed by atoms with van der Waals surface area (Å²) >= 11 is 0.